The van der Waals surface area contributed by atoms with E-state index in [0.29, 0.717) is 0 Å². The first-order valence-electron chi connectivity index (χ1n) is 19.2. The summed E-state index contributed by atoms with van der Waals surface area (Å²) in [6.45, 7) is 6.76. The zero-order chi connectivity index (χ0) is 37.8. The van der Waals surface area contributed by atoms with Crippen molar-refractivity contribution in [2.45, 2.75) is 26.2 Å². The topological polar surface area (TPSA) is 19.6 Å². The van der Waals surface area contributed by atoms with Crippen LogP contribution >= 0.6 is 11.3 Å². The molecule has 0 aliphatic heterocycles. The molecule has 0 unspecified atom stereocenters. The van der Waals surface area contributed by atoms with E-state index in [1.807, 2.05) is 11.3 Å². The predicted octanol–water partition coefficient (Wildman–Crippen LogP) is 15.9. The van der Waals surface area contributed by atoms with Gasteiger partial charge in [0.2, 0.25) is 0 Å². The minimum Gasteiger partial charge on any atom is -0.456 e. The van der Waals surface area contributed by atoms with Gasteiger partial charge in [-0.3, -0.25) is 0 Å². The average Bonchev–Trinajstić information content (AvgIpc) is 3.81. The summed E-state index contributed by atoms with van der Waals surface area (Å²) < 4.78 is 9.37. The van der Waals surface area contributed by atoms with E-state index in [0.717, 1.165) is 56.1 Å². The fourth-order valence-electron chi connectivity index (χ4n) is 8.02. The Labute approximate surface area is 331 Å². The standard InChI is InChI=1S/C52H40N2OS/c1-52(2,3)36-26-30-39(31-27-36)53(37-14-6-4-7-15-37)41-32-33-45-48(34-41)55-47-22-13-21-46(50(45)47)54(38-16-8-5-9-17-38)40-28-24-35(25-29-40)42-19-12-20-44-43-18-10-11-23-49(43)56-51(42)44/h4-34H,1-3H3. The maximum atomic E-state index is 6.73. The van der Waals surface area contributed by atoms with Gasteiger partial charge in [-0.25, -0.2) is 0 Å². The summed E-state index contributed by atoms with van der Waals surface area (Å²) in [5, 5.41) is 4.78. The Hall–Kier alpha value is -6.62. The van der Waals surface area contributed by atoms with Crippen LogP contribution in [0.4, 0.5) is 34.1 Å². The molecule has 0 fully saturated rings. The number of rotatable bonds is 7. The number of fused-ring (bicyclic) bond motifs is 6. The first kappa shape index (κ1) is 33.9. The molecule has 0 saturated heterocycles. The Morgan fingerprint density at radius 3 is 1.77 bits per heavy atom. The molecule has 56 heavy (non-hydrogen) atoms. The minimum absolute atomic E-state index is 0.0744. The molecule has 270 valence electrons. The number of benzene rings is 8. The summed E-state index contributed by atoms with van der Waals surface area (Å²) in [6.07, 6.45) is 0. The smallest absolute Gasteiger partial charge is 0.137 e. The number of thiophene rings is 1. The number of para-hydroxylation sites is 2. The molecule has 0 saturated carbocycles. The van der Waals surface area contributed by atoms with Crippen LogP contribution in [0, 0.1) is 0 Å². The van der Waals surface area contributed by atoms with Crippen molar-refractivity contribution in [3.63, 3.8) is 0 Å². The number of furan rings is 1. The number of hydrogen-bond donors (Lipinski definition) is 0. The molecule has 0 N–H and O–H groups in total. The largest absolute Gasteiger partial charge is 0.456 e. The molecule has 4 heteroatoms. The van der Waals surface area contributed by atoms with Gasteiger partial charge in [-0.15, -0.1) is 11.3 Å². The molecule has 3 nitrogen and oxygen atoms in total. The lowest BCUT2D eigenvalue weighted by Gasteiger charge is -2.27. The van der Waals surface area contributed by atoms with Gasteiger partial charge in [0.25, 0.3) is 0 Å². The SMILES string of the molecule is CC(C)(C)c1ccc(N(c2ccccc2)c2ccc3c(c2)oc2cccc(N(c4ccccc4)c4ccc(-c5cccc6c5sc5ccccc56)cc4)c23)cc1. The normalized spacial score (nSPS) is 11.8. The Balaban J connectivity index is 1.08. The Morgan fingerprint density at radius 2 is 1.04 bits per heavy atom. The van der Waals surface area contributed by atoms with Crippen LogP contribution in [-0.4, -0.2) is 0 Å². The molecule has 8 aromatic carbocycles. The van der Waals surface area contributed by atoms with Crippen molar-refractivity contribution in [2.75, 3.05) is 9.80 Å². The maximum absolute atomic E-state index is 6.73. The lowest BCUT2D eigenvalue weighted by Crippen LogP contribution is -2.13. The van der Waals surface area contributed by atoms with Crippen LogP contribution in [0.15, 0.2) is 192 Å². The Morgan fingerprint density at radius 1 is 0.446 bits per heavy atom. The Kier molecular flexibility index (Phi) is 8.23. The third kappa shape index (κ3) is 5.90. The summed E-state index contributed by atoms with van der Waals surface area (Å²) in [4.78, 5) is 4.65. The second kappa shape index (κ2) is 13.6. The summed E-state index contributed by atoms with van der Waals surface area (Å²) >= 11 is 1.87. The van der Waals surface area contributed by atoms with Crippen molar-refractivity contribution in [3.05, 3.63) is 194 Å². The first-order valence-corrected chi connectivity index (χ1v) is 20.0. The van der Waals surface area contributed by atoms with E-state index in [1.165, 1.54) is 36.9 Å². The molecule has 10 aromatic rings. The number of nitrogens with zero attached hydrogens (tertiary/aromatic N) is 2. The molecule has 2 aromatic heterocycles. The highest BCUT2D eigenvalue weighted by Crippen LogP contribution is 2.46. The highest BCUT2D eigenvalue weighted by molar-refractivity contribution is 7.26. The minimum atomic E-state index is 0.0744. The maximum Gasteiger partial charge on any atom is 0.137 e. The zero-order valence-corrected chi connectivity index (χ0v) is 32.4. The molecule has 0 aliphatic carbocycles. The molecule has 10 rings (SSSR count). The van der Waals surface area contributed by atoms with Gasteiger partial charge in [0, 0.05) is 60.1 Å². The zero-order valence-electron chi connectivity index (χ0n) is 31.6. The number of hydrogen-bond acceptors (Lipinski definition) is 4. The summed E-state index contributed by atoms with van der Waals surface area (Å²) in [5.41, 5.74) is 12.0. The lowest BCUT2D eigenvalue weighted by atomic mass is 9.87. The van der Waals surface area contributed by atoms with Crippen LogP contribution in [0.1, 0.15) is 26.3 Å². The third-order valence-electron chi connectivity index (χ3n) is 10.8. The van der Waals surface area contributed by atoms with Crippen molar-refractivity contribution in [1.82, 2.24) is 0 Å². The van der Waals surface area contributed by atoms with Crippen molar-refractivity contribution in [3.8, 4) is 11.1 Å². The monoisotopic (exact) mass is 740 g/mol. The van der Waals surface area contributed by atoms with Crippen LogP contribution in [0.25, 0.3) is 53.2 Å². The first-order chi connectivity index (χ1) is 27.4. The van der Waals surface area contributed by atoms with Gasteiger partial charge in [-0.05, 0) is 101 Å². The molecule has 0 bridgehead atoms. The van der Waals surface area contributed by atoms with Gasteiger partial charge in [0.15, 0.2) is 0 Å². The molecule has 2 heterocycles. The quantitative estimate of drug-likeness (QED) is 0.162. The van der Waals surface area contributed by atoms with E-state index >= 15 is 0 Å². The molecule has 0 radical (unpaired) electrons. The van der Waals surface area contributed by atoms with Gasteiger partial charge in [0.1, 0.15) is 11.2 Å². The van der Waals surface area contributed by atoms with E-state index in [2.05, 4.69) is 219 Å². The lowest BCUT2D eigenvalue weighted by molar-refractivity contribution is 0.590. The van der Waals surface area contributed by atoms with E-state index in [-0.39, 0.29) is 5.41 Å². The molecular formula is C52H40N2OS. The third-order valence-corrected chi connectivity index (χ3v) is 12.0. The van der Waals surface area contributed by atoms with Crippen LogP contribution in [-0.2, 0) is 5.41 Å². The highest BCUT2D eigenvalue weighted by atomic mass is 32.1. The van der Waals surface area contributed by atoms with Gasteiger partial charge in [-0.1, -0.05) is 124 Å². The van der Waals surface area contributed by atoms with Gasteiger partial charge < -0.3 is 14.2 Å². The second-order valence-electron chi connectivity index (χ2n) is 15.4. The van der Waals surface area contributed by atoms with Crippen LogP contribution in [0.5, 0.6) is 0 Å². The summed E-state index contributed by atoms with van der Waals surface area (Å²) in [5.74, 6) is 0. The Bertz CT molecular complexity index is 2990. The van der Waals surface area contributed by atoms with Crippen molar-refractivity contribution >= 4 is 87.6 Å². The van der Waals surface area contributed by atoms with E-state index in [1.54, 1.807) is 0 Å². The van der Waals surface area contributed by atoms with Crippen molar-refractivity contribution in [1.29, 1.82) is 0 Å². The second-order valence-corrected chi connectivity index (χ2v) is 16.5. The molecular weight excluding hydrogens is 701 g/mol. The van der Waals surface area contributed by atoms with Gasteiger partial charge in [0.05, 0.1) is 11.1 Å². The summed E-state index contributed by atoms with van der Waals surface area (Å²) in [7, 11) is 0. The van der Waals surface area contributed by atoms with E-state index in [9.17, 15) is 0 Å². The van der Waals surface area contributed by atoms with Gasteiger partial charge >= 0.3 is 0 Å². The molecule has 0 spiro atoms. The van der Waals surface area contributed by atoms with E-state index in [4.69, 9.17) is 4.42 Å². The molecule has 0 amide bonds. The average molecular weight is 741 g/mol. The van der Waals surface area contributed by atoms with Crippen LogP contribution < -0.4 is 9.80 Å². The van der Waals surface area contributed by atoms with Crippen LogP contribution in [0.3, 0.4) is 0 Å². The summed E-state index contributed by atoms with van der Waals surface area (Å²) in [6, 6.07) is 67.5. The van der Waals surface area contributed by atoms with Crippen molar-refractivity contribution < 1.29 is 4.42 Å². The predicted molar refractivity (Wildman–Crippen MR) is 240 cm³/mol. The van der Waals surface area contributed by atoms with E-state index < -0.39 is 0 Å². The molecule has 0 atom stereocenters. The number of anilines is 6. The van der Waals surface area contributed by atoms with Crippen molar-refractivity contribution in [2.24, 2.45) is 0 Å². The fraction of sp³-hybridized carbons (Fsp3) is 0.0769. The molecule has 0 aliphatic rings. The van der Waals surface area contributed by atoms with Crippen LogP contribution in [0.2, 0.25) is 0 Å². The van der Waals surface area contributed by atoms with Gasteiger partial charge in [-0.2, -0.15) is 0 Å². The highest BCUT2D eigenvalue weighted by Gasteiger charge is 2.22. The fourth-order valence-corrected chi connectivity index (χ4v) is 9.26.